The number of sulfone groups is 1. The summed E-state index contributed by atoms with van der Waals surface area (Å²) < 4.78 is 23.5. The molecule has 0 heterocycles. The average molecular weight is 436 g/mol. The molecule has 2 atom stereocenters. The van der Waals surface area contributed by atoms with Gasteiger partial charge in [0.05, 0.1) is 27.1 Å². The van der Waals surface area contributed by atoms with Crippen LogP contribution >= 0.6 is 23.2 Å². The van der Waals surface area contributed by atoms with E-state index >= 15 is 0 Å². The predicted octanol–water partition coefficient (Wildman–Crippen LogP) is 4.80. The van der Waals surface area contributed by atoms with Crippen LogP contribution in [0.25, 0.3) is 11.1 Å². The molecule has 0 unspecified atom stereocenters. The van der Waals surface area contributed by atoms with E-state index in [1.807, 2.05) is 18.2 Å². The molecule has 0 aliphatic heterocycles. The normalized spacial score (nSPS) is 13.9. The van der Waals surface area contributed by atoms with Gasteiger partial charge >= 0.3 is 0 Å². The fourth-order valence-corrected chi connectivity index (χ4v) is 3.86. The van der Waals surface area contributed by atoms with Gasteiger partial charge in [-0.1, -0.05) is 65.7 Å². The number of hydrogen-bond acceptors (Lipinski definition) is 4. The van der Waals surface area contributed by atoms with Crippen LogP contribution in [0.1, 0.15) is 23.3 Å². The van der Waals surface area contributed by atoms with Crippen molar-refractivity contribution in [2.75, 3.05) is 6.26 Å². The highest BCUT2D eigenvalue weighted by Crippen LogP contribution is 2.32. The first-order valence-electron chi connectivity index (χ1n) is 8.46. The van der Waals surface area contributed by atoms with Crippen molar-refractivity contribution in [1.29, 1.82) is 0 Å². The highest BCUT2D eigenvalue weighted by molar-refractivity contribution is 7.90. The van der Waals surface area contributed by atoms with Crippen molar-refractivity contribution in [3.8, 4) is 11.1 Å². The van der Waals surface area contributed by atoms with Crippen molar-refractivity contribution in [3.63, 3.8) is 0 Å². The van der Waals surface area contributed by atoms with E-state index in [-0.39, 0.29) is 4.90 Å². The second-order valence-corrected chi connectivity index (χ2v) is 9.40. The minimum absolute atomic E-state index is 0.260. The number of aliphatic hydroxyl groups is 1. The Morgan fingerprint density at radius 3 is 2.11 bits per heavy atom. The third-order valence-electron chi connectivity index (χ3n) is 4.52. The molecule has 0 aliphatic carbocycles. The molecule has 0 saturated carbocycles. The zero-order valence-electron chi connectivity index (χ0n) is 15.0. The fraction of sp³-hybridized carbons (Fsp3) is 0.143. The maximum absolute atomic E-state index is 11.7. The molecule has 28 heavy (non-hydrogen) atoms. The van der Waals surface area contributed by atoms with Crippen molar-refractivity contribution in [1.82, 2.24) is 0 Å². The van der Waals surface area contributed by atoms with E-state index in [0.29, 0.717) is 21.2 Å². The van der Waals surface area contributed by atoms with Crippen LogP contribution in [-0.2, 0) is 9.84 Å². The summed E-state index contributed by atoms with van der Waals surface area (Å²) >= 11 is 12.0. The molecular weight excluding hydrogens is 417 g/mol. The molecule has 0 spiro atoms. The van der Waals surface area contributed by atoms with E-state index in [4.69, 9.17) is 28.9 Å². The van der Waals surface area contributed by atoms with Gasteiger partial charge < -0.3 is 10.8 Å². The number of hydrogen-bond donors (Lipinski definition) is 2. The smallest absolute Gasteiger partial charge is 0.175 e. The lowest BCUT2D eigenvalue weighted by molar-refractivity contribution is 0.147. The van der Waals surface area contributed by atoms with E-state index in [9.17, 15) is 13.5 Å². The van der Waals surface area contributed by atoms with Gasteiger partial charge in [0.1, 0.15) is 0 Å². The number of rotatable bonds is 5. The second-order valence-electron chi connectivity index (χ2n) is 6.57. The summed E-state index contributed by atoms with van der Waals surface area (Å²) in [6, 6.07) is 18.2. The van der Waals surface area contributed by atoms with Gasteiger partial charge in [0, 0.05) is 6.26 Å². The molecule has 4 nitrogen and oxygen atoms in total. The Labute approximate surface area is 174 Å². The molecule has 3 aromatic carbocycles. The van der Waals surface area contributed by atoms with E-state index in [2.05, 4.69) is 0 Å². The summed E-state index contributed by atoms with van der Waals surface area (Å²) in [4.78, 5) is 0.260. The fourth-order valence-electron chi connectivity index (χ4n) is 2.89. The van der Waals surface area contributed by atoms with Gasteiger partial charge in [0.15, 0.2) is 9.84 Å². The van der Waals surface area contributed by atoms with Crippen LogP contribution in [-0.4, -0.2) is 19.8 Å². The molecule has 0 aromatic heterocycles. The molecule has 0 aliphatic rings. The van der Waals surface area contributed by atoms with Crippen molar-refractivity contribution >= 4 is 33.0 Å². The molecule has 146 valence electrons. The number of halogens is 2. The molecule has 3 N–H and O–H groups in total. The largest absolute Gasteiger partial charge is 0.386 e. The summed E-state index contributed by atoms with van der Waals surface area (Å²) in [7, 11) is -3.28. The molecule has 0 amide bonds. The van der Waals surface area contributed by atoms with Crippen LogP contribution in [0, 0.1) is 0 Å². The summed E-state index contributed by atoms with van der Waals surface area (Å²) in [5.41, 5.74) is 9.11. The third-order valence-corrected chi connectivity index (χ3v) is 6.37. The van der Waals surface area contributed by atoms with Crippen molar-refractivity contribution in [3.05, 3.63) is 87.9 Å². The van der Waals surface area contributed by atoms with Crippen molar-refractivity contribution in [2.24, 2.45) is 5.73 Å². The van der Waals surface area contributed by atoms with E-state index in [1.165, 1.54) is 6.26 Å². The zero-order chi connectivity index (χ0) is 20.5. The Kier molecular flexibility index (Phi) is 6.12. The van der Waals surface area contributed by atoms with Gasteiger partial charge in [0.25, 0.3) is 0 Å². The monoisotopic (exact) mass is 435 g/mol. The Morgan fingerprint density at radius 1 is 0.857 bits per heavy atom. The van der Waals surface area contributed by atoms with E-state index in [1.54, 1.807) is 48.5 Å². The second kappa shape index (κ2) is 8.23. The molecular formula is C21H19Cl2NO3S. The van der Waals surface area contributed by atoms with Gasteiger partial charge in [-0.2, -0.15) is 0 Å². The van der Waals surface area contributed by atoms with Crippen LogP contribution in [0.15, 0.2) is 71.6 Å². The quantitative estimate of drug-likeness (QED) is 0.602. The molecule has 0 bridgehead atoms. The highest BCUT2D eigenvalue weighted by atomic mass is 35.5. The minimum atomic E-state index is -3.28. The van der Waals surface area contributed by atoms with Crippen molar-refractivity contribution < 1.29 is 13.5 Å². The molecule has 0 fully saturated rings. The number of nitrogens with two attached hydrogens (primary N) is 1. The molecule has 7 heteroatoms. The Balaban J connectivity index is 1.85. The molecule has 3 aromatic rings. The van der Waals surface area contributed by atoms with Crippen LogP contribution in [0.4, 0.5) is 0 Å². The number of aliphatic hydroxyl groups excluding tert-OH is 1. The first-order chi connectivity index (χ1) is 13.2. The van der Waals surface area contributed by atoms with Gasteiger partial charge in [0.2, 0.25) is 0 Å². The van der Waals surface area contributed by atoms with Gasteiger partial charge in [-0.3, -0.25) is 0 Å². The lowest BCUT2D eigenvalue weighted by Crippen LogP contribution is -2.19. The first kappa shape index (κ1) is 20.8. The van der Waals surface area contributed by atoms with Crippen LogP contribution in [0.5, 0.6) is 0 Å². The lowest BCUT2D eigenvalue weighted by Gasteiger charge is -2.20. The van der Waals surface area contributed by atoms with E-state index in [0.717, 1.165) is 11.1 Å². The molecule has 0 radical (unpaired) electrons. The summed E-state index contributed by atoms with van der Waals surface area (Å²) in [6.45, 7) is 0. The Bertz CT molecular complexity index is 1100. The number of benzene rings is 3. The maximum atomic E-state index is 11.7. The topological polar surface area (TPSA) is 80.4 Å². The third kappa shape index (κ3) is 4.57. The van der Waals surface area contributed by atoms with Crippen LogP contribution in [0.3, 0.4) is 0 Å². The van der Waals surface area contributed by atoms with Gasteiger partial charge in [-0.15, -0.1) is 0 Å². The Morgan fingerprint density at radius 2 is 1.50 bits per heavy atom. The first-order valence-corrected chi connectivity index (χ1v) is 11.1. The average Bonchev–Trinajstić information content (AvgIpc) is 2.68. The van der Waals surface area contributed by atoms with Gasteiger partial charge in [-0.25, -0.2) is 8.42 Å². The maximum Gasteiger partial charge on any atom is 0.175 e. The molecule has 3 rings (SSSR count). The molecule has 0 saturated heterocycles. The summed E-state index contributed by atoms with van der Waals surface area (Å²) in [5, 5.41) is 11.4. The highest BCUT2D eigenvalue weighted by Gasteiger charge is 2.20. The van der Waals surface area contributed by atoms with Gasteiger partial charge in [-0.05, 0) is 46.5 Å². The SMILES string of the molecule is CS(=O)(=O)c1cccc(-c2ccc([C@@H](O)[C@@H](N)c3ccc(Cl)c(Cl)c3)cc2)c1. The standard InChI is InChI=1S/C21H19Cl2NO3S/c1-28(26,27)17-4-2-3-15(11-17)13-5-7-14(8-6-13)21(25)20(24)16-9-10-18(22)19(23)12-16/h2-12,20-21,25H,24H2,1H3/t20-,21+/m0/s1. The zero-order valence-corrected chi connectivity index (χ0v) is 17.3. The van der Waals surface area contributed by atoms with Crippen LogP contribution < -0.4 is 5.73 Å². The summed E-state index contributed by atoms with van der Waals surface area (Å²) in [6.07, 6.45) is 0.240. The van der Waals surface area contributed by atoms with Crippen LogP contribution in [0.2, 0.25) is 10.0 Å². The van der Waals surface area contributed by atoms with Crippen molar-refractivity contribution in [2.45, 2.75) is 17.0 Å². The lowest BCUT2D eigenvalue weighted by atomic mass is 9.95. The summed E-state index contributed by atoms with van der Waals surface area (Å²) in [5.74, 6) is 0. The van der Waals surface area contributed by atoms with E-state index < -0.39 is 22.0 Å². The predicted molar refractivity (Wildman–Crippen MR) is 113 cm³/mol. The Hall–Kier alpha value is -1.89. The minimum Gasteiger partial charge on any atom is -0.386 e.